The summed E-state index contributed by atoms with van der Waals surface area (Å²) in [5, 5.41) is 0. The van der Waals surface area contributed by atoms with Crippen LogP contribution >= 0.6 is 15.9 Å². The van der Waals surface area contributed by atoms with Crippen LogP contribution < -0.4 is 16.4 Å². The van der Waals surface area contributed by atoms with Crippen LogP contribution in [-0.4, -0.2) is 25.0 Å². The van der Waals surface area contributed by atoms with Crippen LogP contribution in [0.1, 0.15) is 23.7 Å². The second-order valence-electron chi connectivity index (χ2n) is 4.90. The Morgan fingerprint density at radius 1 is 1.50 bits per heavy atom. The molecule has 4 N–H and O–H groups in total. The maximum absolute atomic E-state index is 11.5. The molecule has 1 heterocycles. The zero-order valence-corrected chi connectivity index (χ0v) is 12.0. The van der Waals surface area contributed by atoms with E-state index in [1.165, 1.54) is 0 Å². The summed E-state index contributed by atoms with van der Waals surface area (Å²) in [4.78, 5) is 13.7. The standard InChI is InChI=1S/C13H18BrN3O/c1-8-4-5-17(7-11(8)15)12-3-2-9(14)6-10(12)13(16)18/h2-3,6,8,11H,4-5,7,15H2,1H3,(H2,16,18). The first kappa shape index (κ1) is 13.4. The van der Waals surface area contributed by atoms with Gasteiger partial charge in [0.15, 0.2) is 0 Å². The first-order valence-corrected chi connectivity index (χ1v) is 6.88. The van der Waals surface area contributed by atoms with Gasteiger partial charge in [0.05, 0.1) is 5.56 Å². The Kier molecular flexibility index (Phi) is 3.92. The number of carbonyl (C=O) groups is 1. The average molecular weight is 312 g/mol. The number of halogens is 1. The number of benzene rings is 1. The Morgan fingerprint density at radius 3 is 2.83 bits per heavy atom. The molecule has 2 rings (SSSR count). The predicted molar refractivity (Wildman–Crippen MR) is 76.6 cm³/mol. The zero-order chi connectivity index (χ0) is 13.3. The number of primary amides is 1. The summed E-state index contributed by atoms with van der Waals surface area (Å²) < 4.78 is 0.856. The molecule has 1 aromatic carbocycles. The van der Waals surface area contributed by atoms with Crippen molar-refractivity contribution in [3.63, 3.8) is 0 Å². The van der Waals surface area contributed by atoms with Gasteiger partial charge < -0.3 is 16.4 Å². The van der Waals surface area contributed by atoms with Crippen molar-refractivity contribution in [2.45, 2.75) is 19.4 Å². The second kappa shape index (κ2) is 5.28. The molecule has 98 valence electrons. The quantitative estimate of drug-likeness (QED) is 0.873. The first-order valence-electron chi connectivity index (χ1n) is 6.09. The van der Waals surface area contributed by atoms with Crippen LogP contribution in [0.3, 0.4) is 0 Å². The molecular formula is C13H18BrN3O. The van der Waals surface area contributed by atoms with Crippen molar-refractivity contribution >= 4 is 27.5 Å². The molecule has 1 aliphatic rings. The largest absolute Gasteiger partial charge is 0.369 e. The van der Waals surface area contributed by atoms with Crippen molar-refractivity contribution in [3.8, 4) is 0 Å². The molecule has 4 nitrogen and oxygen atoms in total. The number of nitrogens with two attached hydrogens (primary N) is 2. The van der Waals surface area contributed by atoms with E-state index in [0.29, 0.717) is 11.5 Å². The van der Waals surface area contributed by atoms with E-state index in [1.807, 2.05) is 12.1 Å². The van der Waals surface area contributed by atoms with Gasteiger partial charge in [-0.2, -0.15) is 0 Å². The van der Waals surface area contributed by atoms with Crippen LogP contribution in [0.25, 0.3) is 0 Å². The smallest absolute Gasteiger partial charge is 0.250 e. The highest BCUT2D eigenvalue weighted by Gasteiger charge is 2.25. The number of rotatable bonds is 2. The number of hydrogen-bond donors (Lipinski definition) is 2. The molecule has 18 heavy (non-hydrogen) atoms. The van der Waals surface area contributed by atoms with Crippen LogP contribution in [0.2, 0.25) is 0 Å². The minimum absolute atomic E-state index is 0.142. The minimum Gasteiger partial charge on any atom is -0.369 e. The van der Waals surface area contributed by atoms with E-state index in [1.54, 1.807) is 6.07 Å². The first-order chi connectivity index (χ1) is 8.49. The van der Waals surface area contributed by atoms with Crippen LogP contribution in [0.5, 0.6) is 0 Å². The molecule has 2 unspecified atom stereocenters. The fourth-order valence-electron chi connectivity index (χ4n) is 2.30. The lowest BCUT2D eigenvalue weighted by Crippen LogP contribution is -2.48. The summed E-state index contributed by atoms with van der Waals surface area (Å²) in [5.41, 5.74) is 13.0. The van der Waals surface area contributed by atoms with Gasteiger partial charge in [0, 0.05) is 29.3 Å². The van der Waals surface area contributed by atoms with E-state index in [-0.39, 0.29) is 6.04 Å². The van der Waals surface area contributed by atoms with Gasteiger partial charge >= 0.3 is 0 Å². The molecule has 0 radical (unpaired) electrons. The van der Waals surface area contributed by atoms with E-state index >= 15 is 0 Å². The number of piperidine rings is 1. The zero-order valence-electron chi connectivity index (χ0n) is 10.4. The van der Waals surface area contributed by atoms with Gasteiger partial charge in [-0.15, -0.1) is 0 Å². The van der Waals surface area contributed by atoms with Crippen molar-refractivity contribution in [3.05, 3.63) is 28.2 Å². The average Bonchev–Trinajstić information content (AvgIpc) is 2.32. The summed E-state index contributed by atoms with van der Waals surface area (Å²) in [5.74, 6) is 0.118. The van der Waals surface area contributed by atoms with Gasteiger partial charge in [0.1, 0.15) is 0 Å². The highest BCUT2D eigenvalue weighted by Crippen LogP contribution is 2.28. The molecule has 2 atom stereocenters. The van der Waals surface area contributed by atoms with E-state index < -0.39 is 5.91 Å². The van der Waals surface area contributed by atoms with E-state index in [9.17, 15) is 4.79 Å². The SMILES string of the molecule is CC1CCN(c2ccc(Br)cc2C(N)=O)CC1N. The molecular weight excluding hydrogens is 294 g/mol. The number of carbonyl (C=O) groups excluding carboxylic acids is 1. The maximum Gasteiger partial charge on any atom is 0.250 e. The molecule has 1 fully saturated rings. The summed E-state index contributed by atoms with van der Waals surface area (Å²) >= 11 is 3.36. The molecule has 1 aliphatic heterocycles. The maximum atomic E-state index is 11.5. The molecule has 0 spiro atoms. The third kappa shape index (κ3) is 2.67. The molecule has 5 heteroatoms. The minimum atomic E-state index is -0.404. The molecule has 1 aromatic rings. The van der Waals surface area contributed by atoms with Crippen LogP contribution in [0, 0.1) is 5.92 Å². The fraction of sp³-hybridized carbons (Fsp3) is 0.462. The van der Waals surface area contributed by atoms with Crippen molar-refractivity contribution in [2.75, 3.05) is 18.0 Å². The lowest BCUT2D eigenvalue weighted by atomic mass is 9.93. The number of anilines is 1. The summed E-state index contributed by atoms with van der Waals surface area (Å²) in [6.45, 7) is 3.85. The summed E-state index contributed by atoms with van der Waals surface area (Å²) in [6, 6.07) is 5.75. The topological polar surface area (TPSA) is 72.3 Å². The van der Waals surface area contributed by atoms with E-state index in [0.717, 1.165) is 29.7 Å². The molecule has 0 bridgehead atoms. The third-order valence-electron chi connectivity index (χ3n) is 3.58. The Morgan fingerprint density at radius 2 is 2.22 bits per heavy atom. The van der Waals surface area contributed by atoms with Crippen molar-refractivity contribution in [1.82, 2.24) is 0 Å². The van der Waals surface area contributed by atoms with Crippen molar-refractivity contribution in [1.29, 1.82) is 0 Å². The van der Waals surface area contributed by atoms with Crippen LogP contribution in [-0.2, 0) is 0 Å². The molecule has 0 aromatic heterocycles. The molecule has 1 saturated heterocycles. The molecule has 0 saturated carbocycles. The lowest BCUT2D eigenvalue weighted by molar-refractivity contribution is 0.100. The van der Waals surface area contributed by atoms with Gasteiger partial charge in [-0.05, 0) is 30.5 Å². The Balaban J connectivity index is 2.30. The summed E-state index contributed by atoms with van der Waals surface area (Å²) in [7, 11) is 0. The van der Waals surface area contributed by atoms with Crippen LogP contribution in [0.15, 0.2) is 22.7 Å². The second-order valence-corrected chi connectivity index (χ2v) is 5.82. The Labute approximate surface area is 115 Å². The van der Waals surface area contributed by atoms with Gasteiger partial charge in [-0.1, -0.05) is 22.9 Å². The van der Waals surface area contributed by atoms with Gasteiger partial charge in [-0.3, -0.25) is 4.79 Å². The van der Waals surface area contributed by atoms with Crippen LogP contribution in [0.4, 0.5) is 5.69 Å². The summed E-state index contributed by atoms with van der Waals surface area (Å²) in [6.07, 6.45) is 1.04. The number of amides is 1. The van der Waals surface area contributed by atoms with Gasteiger partial charge in [0.2, 0.25) is 0 Å². The predicted octanol–water partition coefficient (Wildman–Crippen LogP) is 1.72. The monoisotopic (exact) mass is 311 g/mol. The highest BCUT2D eigenvalue weighted by atomic mass is 79.9. The Bertz CT molecular complexity index is 464. The van der Waals surface area contributed by atoms with E-state index in [4.69, 9.17) is 11.5 Å². The number of hydrogen-bond acceptors (Lipinski definition) is 3. The van der Waals surface area contributed by atoms with Gasteiger partial charge in [0.25, 0.3) is 5.91 Å². The molecule has 0 aliphatic carbocycles. The molecule has 1 amide bonds. The highest BCUT2D eigenvalue weighted by molar-refractivity contribution is 9.10. The van der Waals surface area contributed by atoms with Gasteiger partial charge in [-0.25, -0.2) is 0 Å². The fourth-order valence-corrected chi connectivity index (χ4v) is 2.66. The van der Waals surface area contributed by atoms with E-state index in [2.05, 4.69) is 27.8 Å². The number of nitrogens with zero attached hydrogens (tertiary/aromatic N) is 1. The third-order valence-corrected chi connectivity index (χ3v) is 4.07. The normalized spacial score (nSPS) is 24.1. The van der Waals surface area contributed by atoms with Crippen molar-refractivity contribution in [2.24, 2.45) is 17.4 Å². The lowest BCUT2D eigenvalue weighted by Gasteiger charge is -2.37. The Hall–Kier alpha value is -1.07. The van der Waals surface area contributed by atoms with Crippen molar-refractivity contribution < 1.29 is 4.79 Å².